The van der Waals surface area contributed by atoms with Gasteiger partial charge in [0.15, 0.2) is 0 Å². The summed E-state index contributed by atoms with van der Waals surface area (Å²) in [6, 6.07) is 6.99. The Morgan fingerprint density at radius 3 is 2.64 bits per heavy atom. The quantitative estimate of drug-likeness (QED) is 0.151. The summed E-state index contributed by atoms with van der Waals surface area (Å²) >= 11 is 0. The van der Waals surface area contributed by atoms with Gasteiger partial charge in [-0.1, -0.05) is 30.4 Å². The molecular weight excluding hydrogens is 458 g/mol. The number of carbonyl (C=O) groups is 3. The summed E-state index contributed by atoms with van der Waals surface area (Å²) in [6.45, 7) is 8.92. The molecule has 0 radical (unpaired) electrons. The topological polar surface area (TPSA) is 121 Å². The third-order valence-corrected chi connectivity index (χ3v) is 5.91. The SMILES string of the molecule is C=CCCCCC(=O)OC[C@H](Cc1c[nH]c2ccccc12)NC(=O)[C@@H](CC=C)CC(=O)N[C@H](C)CO. The van der Waals surface area contributed by atoms with Gasteiger partial charge in [0.1, 0.15) is 6.61 Å². The summed E-state index contributed by atoms with van der Waals surface area (Å²) in [5.74, 6) is -1.57. The van der Waals surface area contributed by atoms with Gasteiger partial charge in [0.25, 0.3) is 0 Å². The Morgan fingerprint density at radius 2 is 1.92 bits per heavy atom. The molecule has 1 heterocycles. The fourth-order valence-electron chi connectivity index (χ4n) is 3.95. The molecule has 4 N–H and O–H groups in total. The largest absolute Gasteiger partial charge is 0.463 e. The van der Waals surface area contributed by atoms with E-state index in [4.69, 9.17) is 4.74 Å². The number of aromatic amines is 1. The molecule has 2 aromatic rings. The first-order valence-electron chi connectivity index (χ1n) is 12.5. The molecule has 0 aliphatic carbocycles. The van der Waals surface area contributed by atoms with Gasteiger partial charge in [0, 0.05) is 36.0 Å². The van der Waals surface area contributed by atoms with Gasteiger partial charge in [-0.25, -0.2) is 0 Å². The monoisotopic (exact) mass is 497 g/mol. The van der Waals surface area contributed by atoms with Crippen LogP contribution < -0.4 is 10.6 Å². The Hall–Kier alpha value is -3.39. The number of rotatable bonds is 17. The van der Waals surface area contributed by atoms with E-state index in [0.717, 1.165) is 29.3 Å². The lowest BCUT2D eigenvalue weighted by atomic mass is 9.98. The van der Waals surface area contributed by atoms with Gasteiger partial charge in [-0.05, 0) is 50.7 Å². The summed E-state index contributed by atoms with van der Waals surface area (Å²) in [6.07, 6.45) is 8.79. The number of hydrogen-bond donors (Lipinski definition) is 4. The Balaban J connectivity index is 2.09. The van der Waals surface area contributed by atoms with E-state index in [0.29, 0.717) is 25.7 Å². The molecule has 0 aliphatic heterocycles. The molecule has 0 bridgehead atoms. The van der Waals surface area contributed by atoms with Crippen molar-refractivity contribution in [3.63, 3.8) is 0 Å². The van der Waals surface area contributed by atoms with Crippen LogP contribution in [0.5, 0.6) is 0 Å². The molecule has 8 heteroatoms. The van der Waals surface area contributed by atoms with E-state index < -0.39 is 18.0 Å². The molecule has 0 aliphatic rings. The van der Waals surface area contributed by atoms with Crippen molar-refractivity contribution in [2.45, 2.75) is 64.0 Å². The maximum atomic E-state index is 13.2. The average Bonchev–Trinajstić information content (AvgIpc) is 3.27. The number of H-pyrrole nitrogens is 1. The van der Waals surface area contributed by atoms with Crippen molar-refractivity contribution in [1.29, 1.82) is 0 Å². The van der Waals surface area contributed by atoms with E-state index in [2.05, 4.69) is 28.8 Å². The van der Waals surface area contributed by atoms with Gasteiger partial charge in [-0.3, -0.25) is 14.4 Å². The highest BCUT2D eigenvalue weighted by Crippen LogP contribution is 2.20. The molecule has 1 aromatic heterocycles. The second kappa shape index (κ2) is 15.6. The zero-order chi connectivity index (χ0) is 26.3. The fourth-order valence-corrected chi connectivity index (χ4v) is 3.95. The Kier molecular flexibility index (Phi) is 12.5. The van der Waals surface area contributed by atoms with Crippen LogP contribution in [0, 0.1) is 5.92 Å². The Morgan fingerprint density at radius 1 is 1.14 bits per heavy atom. The third kappa shape index (κ3) is 9.70. The molecule has 0 saturated heterocycles. The van der Waals surface area contributed by atoms with Crippen LogP contribution in [0.15, 0.2) is 55.8 Å². The normalized spacial score (nSPS) is 13.4. The zero-order valence-electron chi connectivity index (χ0n) is 21.1. The third-order valence-electron chi connectivity index (χ3n) is 5.91. The van der Waals surface area contributed by atoms with Crippen molar-refractivity contribution in [2.24, 2.45) is 5.92 Å². The minimum Gasteiger partial charge on any atom is -0.463 e. The maximum Gasteiger partial charge on any atom is 0.305 e. The predicted molar refractivity (Wildman–Crippen MR) is 141 cm³/mol. The number of aromatic nitrogens is 1. The lowest BCUT2D eigenvalue weighted by molar-refractivity contribution is -0.145. The molecule has 196 valence electrons. The Bertz CT molecular complexity index is 1020. The molecule has 1 aromatic carbocycles. The number of esters is 1. The minimum absolute atomic E-state index is 0.0279. The van der Waals surface area contributed by atoms with Crippen LogP contribution in [0.2, 0.25) is 0 Å². The number of aliphatic hydroxyl groups excluding tert-OH is 1. The van der Waals surface area contributed by atoms with E-state index in [1.165, 1.54) is 0 Å². The van der Waals surface area contributed by atoms with Crippen molar-refractivity contribution in [2.75, 3.05) is 13.2 Å². The average molecular weight is 498 g/mol. The molecular formula is C28H39N3O5. The van der Waals surface area contributed by atoms with Gasteiger partial charge < -0.3 is 25.5 Å². The number of hydrogen-bond acceptors (Lipinski definition) is 5. The van der Waals surface area contributed by atoms with Gasteiger partial charge >= 0.3 is 5.97 Å². The number of benzene rings is 1. The van der Waals surface area contributed by atoms with E-state index >= 15 is 0 Å². The van der Waals surface area contributed by atoms with Gasteiger partial charge in [0.2, 0.25) is 11.8 Å². The summed E-state index contributed by atoms with van der Waals surface area (Å²) in [5.41, 5.74) is 1.98. The van der Waals surface area contributed by atoms with E-state index in [1.807, 2.05) is 36.5 Å². The van der Waals surface area contributed by atoms with Crippen LogP contribution >= 0.6 is 0 Å². The molecule has 3 atom stereocenters. The van der Waals surface area contributed by atoms with Crippen LogP contribution in [0.4, 0.5) is 0 Å². The first-order valence-corrected chi connectivity index (χ1v) is 12.5. The second-order valence-electron chi connectivity index (χ2n) is 9.06. The van der Waals surface area contributed by atoms with Gasteiger partial charge in [-0.15, -0.1) is 13.2 Å². The predicted octanol–water partition coefficient (Wildman–Crippen LogP) is 3.56. The van der Waals surface area contributed by atoms with Crippen LogP contribution in [0.3, 0.4) is 0 Å². The van der Waals surface area contributed by atoms with E-state index in [9.17, 15) is 19.5 Å². The van der Waals surface area contributed by atoms with Gasteiger partial charge in [-0.2, -0.15) is 0 Å². The highest BCUT2D eigenvalue weighted by atomic mass is 16.5. The summed E-state index contributed by atoms with van der Waals surface area (Å²) < 4.78 is 5.52. The summed E-state index contributed by atoms with van der Waals surface area (Å²) in [5, 5.41) is 15.9. The molecule has 0 saturated carbocycles. The second-order valence-corrected chi connectivity index (χ2v) is 9.06. The van der Waals surface area contributed by atoms with Crippen molar-refractivity contribution in [3.05, 3.63) is 61.3 Å². The zero-order valence-corrected chi connectivity index (χ0v) is 21.1. The number of aliphatic hydroxyl groups is 1. The molecule has 2 amide bonds. The molecule has 8 nitrogen and oxygen atoms in total. The van der Waals surface area contributed by atoms with Crippen molar-refractivity contribution < 1.29 is 24.2 Å². The number of fused-ring (bicyclic) bond motifs is 1. The van der Waals surface area contributed by atoms with E-state index in [-0.39, 0.29) is 37.4 Å². The number of amides is 2. The number of carbonyl (C=O) groups excluding carboxylic acids is 3. The molecule has 36 heavy (non-hydrogen) atoms. The lowest BCUT2D eigenvalue weighted by Crippen LogP contribution is -2.45. The highest BCUT2D eigenvalue weighted by Gasteiger charge is 2.25. The maximum absolute atomic E-state index is 13.2. The van der Waals surface area contributed by atoms with Crippen LogP contribution in [0.1, 0.15) is 51.0 Å². The highest BCUT2D eigenvalue weighted by molar-refractivity contribution is 5.86. The summed E-state index contributed by atoms with van der Waals surface area (Å²) in [4.78, 5) is 41.0. The number of ether oxygens (including phenoxy) is 1. The van der Waals surface area contributed by atoms with E-state index in [1.54, 1.807) is 13.0 Å². The van der Waals surface area contributed by atoms with Crippen LogP contribution in [-0.4, -0.2) is 53.2 Å². The van der Waals surface area contributed by atoms with Crippen LogP contribution in [0.25, 0.3) is 10.9 Å². The Labute approximate surface area is 213 Å². The molecule has 0 fully saturated rings. The first-order chi connectivity index (χ1) is 17.4. The molecule has 2 rings (SSSR count). The van der Waals surface area contributed by atoms with Crippen LogP contribution in [-0.2, 0) is 25.5 Å². The van der Waals surface area contributed by atoms with Gasteiger partial charge in [0.05, 0.1) is 18.6 Å². The number of nitrogens with one attached hydrogen (secondary N) is 3. The molecule has 0 unspecified atom stereocenters. The number of allylic oxidation sites excluding steroid dienone is 2. The summed E-state index contributed by atoms with van der Waals surface area (Å²) in [7, 11) is 0. The first kappa shape index (κ1) is 28.8. The lowest BCUT2D eigenvalue weighted by Gasteiger charge is -2.22. The minimum atomic E-state index is -0.631. The standard InChI is InChI=1S/C28H39N3O5/c1-4-6-7-8-14-27(34)36-19-23(15-22-17-29-25-13-10-9-12-24(22)25)31-28(35)21(11-5-2)16-26(33)30-20(3)18-32/h4-5,9-10,12-13,17,20-21,23,29,32H,1-2,6-8,11,14-16,18-19H2,3H3,(H,30,33)(H,31,35)/t20-,21+,23+/m1/s1. The van der Waals surface area contributed by atoms with Crippen molar-refractivity contribution in [3.8, 4) is 0 Å². The van der Waals surface area contributed by atoms with Crippen molar-refractivity contribution in [1.82, 2.24) is 15.6 Å². The smallest absolute Gasteiger partial charge is 0.305 e. The number of para-hydroxylation sites is 1. The number of unbranched alkanes of at least 4 members (excludes halogenated alkanes) is 2. The fraction of sp³-hybridized carbons (Fsp3) is 0.464. The van der Waals surface area contributed by atoms with Crippen molar-refractivity contribution >= 4 is 28.7 Å². The molecule has 0 spiro atoms.